The van der Waals surface area contributed by atoms with Crippen molar-refractivity contribution in [3.8, 4) is 11.5 Å². The van der Waals surface area contributed by atoms with E-state index in [0.717, 1.165) is 20.7 Å². The highest BCUT2D eigenvalue weighted by molar-refractivity contribution is 7.99. The van der Waals surface area contributed by atoms with E-state index in [1.807, 2.05) is 13.8 Å². The lowest BCUT2D eigenvalue weighted by molar-refractivity contribution is -0.113. The fourth-order valence-electron chi connectivity index (χ4n) is 2.54. The van der Waals surface area contributed by atoms with Crippen LogP contribution in [0.4, 0.5) is 11.5 Å². The largest absolute Gasteiger partial charge is 0.497 e. The van der Waals surface area contributed by atoms with E-state index in [-0.39, 0.29) is 11.7 Å². The van der Waals surface area contributed by atoms with Crippen LogP contribution in [-0.4, -0.2) is 35.8 Å². The second kappa shape index (κ2) is 8.01. The molecule has 27 heavy (non-hydrogen) atoms. The molecule has 3 rings (SSSR count). The van der Waals surface area contributed by atoms with E-state index in [1.54, 1.807) is 36.6 Å². The molecule has 9 heteroatoms. The van der Waals surface area contributed by atoms with Crippen molar-refractivity contribution in [1.29, 1.82) is 0 Å². The first-order valence-corrected chi connectivity index (χ1v) is 9.91. The lowest BCUT2D eigenvalue weighted by Crippen LogP contribution is -2.15. The number of carbonyl (C=O) groups is 1. The summed E-state index contributed by atoms with van der Waals surface area (Å²) in [4.78, 5) is 23.2. The monoisotopic (exact) mass is 404 g/mol. The number of hydrogen-bond donors (Lipinski definition) is 2. The third kappa shape index (κ3) is 4.09. The summed E-state index contributed by atoms with van der Waals surface area (Å²) in [7, 11) is 3.11. The number of rotatable bonds is 6. The number of amides is 1. The molecular formula is C18H20N4O3S2. The molecule has 0 unspecified atom stereocenters. The fraction of sp³-hybridized carbons (Fsp3) is 0.278. The van der Waals surface area contributed by atoms with Crippen LogP contribution < -0.4 is 20.5 Å². The summed E-state index contributed by atoms with van der Waals surface area (Å²) < 4.78 is 10.4. The zero-order chi connectivity index (χ0) is 19.6. The number of aromatic nitrogens is 2. The van der Waals surface area contributed by atoms with E-state index < -0.39 is 0 Å². The Balaban J connectivity index is 1.70. The van der Waals surface area contributed by atoms with E-state index >= 15 is 0 Å². The number of thiophene rings is 1. The van der Waals surface area contributed by atoms with Crippen LogP contribution in [0.3, 0.4) is 0 Å². The molecule has 0 spiro atoms. The minimum absolute atomic E-state index is 0.156. The van der Waals surface area contributed by atoms with Gasteiger partial charge in [-0.15, -0.1) is 11.3 Å². The third-order valence-electron chi connectivity index (χ3n) is 4.05. The molecule has 142 valence electrons. The predicted octanol–water partition coefficient (Wildman–Crippen LogP) is 3.64. The molecule has 2 aromatic heterocycles. The molecule has 0 saturated heterocycles. The van der Waals surface area contributed by atoms with Gasteiger partial charge in [-0.25, -0.2) is 9.97 Å². The Kier molecular flexibility index (Phi) is 5.71. The van der Waals surface area contributed by atoms with Gasteiger partial charge in [0.05, 0.1) is 31.0 Å². The molecular weight excluding hydrogens is 384 g/mol. The van der Waals surface area contributed by atoms with Crippen LogP contribution in [0.1, 0.15) is 10.4 Å². The van der Waals surface area contributed by atoms with Crippen LogP contribution in [0, 0.1) is 13.8 Å². The predicted molar refractivity (Wildman–Crippen MR) is 110 cm³/mol. The van der Waals surface area contributed by atoms with Crippen LogP contribution in [0.5, 0.6) is 11.5 Å². The van der Waals surface area contributed by atoms with E-state index in [0.29, 0.717) is 28.2 Å². The van der Waals surface area contributed by atoms with E-state index in [2.05, 4.69) is 15.3 Å². The van der Waals surface area contributed by atoms with Crippen molar-refractivity contribution in [2.24, 2.45) is 0 Å². The van der Waals surface area contributed by atoms with Crippen molar-refractivity contribution in [2.75, 3.05) is 31.0 Å². The molecule has 3 N–H and O–H groups in total. The molecule has 2 heterocycles. The minimum atomic E-state index is -0.190. The van der Waals surface area contributed by atoms with Gasteiger partial charge in [0.25, 0.3) is 0 Å². The molecule has 1 amide bonds. The standard InChI is InChI=1S/C18H20N4O3S2/c1-9-10(2)27-17-15(9)16(19)21-18(22-17)26-8-14(23)20-12-6-5-11(24-3)7-13(12)25-4/h5-7H,8H2,1-4H3,(H,20,23)(H2,19,21,22). The first-order valence-electron chi connectivity index (χ1n) is 8.10. The summed E-state index contributed by atoms with van der Waals surface area (Å²) in [5.41, 5.74) is 7.76. The maximum absolute atomic E-state index is 12.3. The average molecular weight is 405 g/mol. The number of aryl methyl sites for hydroxylation is 2. The second-order valence-electron chi connectivity index (χ2n) is 5.76. The van der Waals surface area contributed by atoms with Gasteiger partial charge < -0.3 is 20.5 Å². The maximum Gasteiger partial charge on any atom is 0.234 e. The van der Waals surface area contributed by atoms with Crippen LogP contribution in [-0.2, 0) is 4.79 Å². The SMILES string of the molecule is COc1ccc(NC(=O)CSc2nc(N)c3c(C)c(C)sc3n2)c(OC)c1. The van der Waals surface area contributed by atoms with Gasteiger partial charge >= 0.3 is 0 Å². The van der Waals surface area contributed by atoms with Crippen LogP contribution in [0.2, 0.25) is 0 Å². The topological polar surface area (TPSA) is 99.4 Å². The Labute approximate surface area is 165 Å². The molecule has 0 aliphatic rings. The smallest absolute Gasteiger partial charge is 0.234 e. The molecule has 3 aromatic rings. The van der Waals surface area contributed by atoms with Gasteiger partial charge in [-0.05, 0) is 31.5 Å². The van der Waals surface area contributed by atoms with Gasteiger partial charge in [-0.2, -0.15) is 0 Å². The summed E-state index contributed by atoms with van der Waals surface area (Å²) in [5.74, 6) is 1.59. The summed E-state index contributed by atoms with van der Waals surface area (Å²) in [6.07, 6.45) is 0. The lowest BCUT2D eigenvalue weighted by Gasteiger charge is -2.11. The Morgan fingerprint density at radius 3 is 2.74 bits per heavy atom. The number of fused-ring (bicyclic) bond motifs is 1. The zero-order valence-corrected chi connectivity index (χ0v) is 17.1. The average Bonchev–Trinajstić information content (AvgIpc) is 2.94. The number of ether oxygens (including phenoxy) is 2. The van der Waals surface area contributed by atoms with E-state index in [1.165, 1.54) is 18.9 Å². The molecule has 7 nitrogen and oxygen atoms in total. The highest BCUT2D eigenvalue weighted by Gasteiger charge is 2.15. The second-order valence-corrected chi connectivity index (χ2v) is 7.90. The van der Waals surface area contributed by atoms with Crippen molar-refractivity contribution >= 4 is 50.7 Å². The summed E-state index contributed by atoms with van der Waals surface area (Å²) in [6.45, 7) is 4.04. The number of benzene rings is 1. The lowest BCUT2D eigenvalue weighted by atomic mass is 10.2. The van der Waals surface area contributed by atoms with Gasteiger partial charge in [-0.3, -0.25) is 4.79 Å². The number of methoxy groups -OCH3 is 2. The van der Waals surface area contributed by atoms with Crippen molar-refractivity contribution in [3.05, 3.63) is 28.6 Å². The summed E-state index contributed by atoms with van der Waals surface area (Å²) >= 11 is 2.82. The number of anilines is 2. The molecule has 0 radical (unpaired) electrons. The Bertz CT molecular complexity index is 1000. The van der Waals surface area contributed by atoms with Gasteiger partial charge in [0.2, 0.25) is 5.91 Å². The maximum atomic E-state index is 12.3. The first kappa shape index (κ1) is 19.2. The molecule has 0 atom stereocenters. The fourth-order valence-corrected chi connectivity index (χ4v) is 4.29. The van der Waals surface area contributed by atoms with E-state index in [4.69, 9.17) is 15.2 Å². The minimum Gasteiger partial charge on any atom is -0.497 e. The molecule has 0 aliphatic heterocycles. The molecule has 0 fully saturated rings. The quantitative estimate of drug-likeness (QED) is 0.478. The van der Waals surface area contributed by atoms with Crippen molar-refractivity contribution in [3.63, 3.8) is 0 Å². The van der Waals surface area contributed by atoms with Crippen molar-refractivity contribution < 1.29 is 14.3 Å². The third-order valence-corrected chi connectivity index (χ3v) is 6.00. The Hall–Kier alpha value is -2.52. The van der Waals surface area contributed by atoms with Crippen LogP contribution >= 0.6 is 23.1 Å². The number of carbonyl (C=O) groups excluding carboxylic acids is 1. The molecule has 1 aromatic carbocycles. The van der Waals surface area contributed by atoms with Gasteiger partial charge in [0.15, 0.2) is 5.16 Å². The Morgan fingerprint density at radius 2 is 2.04 bits per heavy atom. The summed E-state index contributed by atoms with van der Waals surface area (Å²) in [6, 6.07) is 5.20. The number of thioether (sulfide) groups is 1. The highest BCUT2D eigenvalue weighted by Crippen LogP contribution is 2.33. The number of nitrogens with two attached hydrogens (primary N) is 1. The number of nitrogen functional groups attached to an aromatic ring is 1. The van der Waals surface area contributed by atoms with Gasteiger partial charge in [0.1, 0.15) is 22.1 Å². The molecule has 0 bridgehead atoms. The highest BCUT2D eigenvalue weighted by atomic mass is 32.2. The molecule has 0 aliphatic carbocycles. The van der Waals surface area contributed by atoms with Crippen molar-refractivity contribution in [2.45, 2.75) is 19.0 Å². The van der Waals surface area contributed by atoms with Gasteiger partial charge in [-0.1, -0.05) is 11.8 Å². The van der Waals surface area contributed by atoms with Crippen LogP contribution in [0.25, 0.3) is 10.2 Å². The first-order chi connectivity index (χ1) is 12.9. The summed E-state index contributed by atoms with van der Waals surface area (Å²) in [5, 5.41) is 4.21. The van der Waals surface area contributed by atoms with Crippen LogP contribution in [0.15, 0.2) is 23.4 Å². The molecule has 0 saturated carbocycles. The van der Waals surface area contributed by atoms with Gasteiger partial charge in [0, 0.05) is 10.9 Å². The van der Waals surface area contributed by atoms with E-state index in [9.17, 15) is 4.79 Å². The zero-order valence-electron chi connectivity index (χ0n) is 15.5. The Morgan fingerprint density at radius 1 is 1.26 bits per heavy atom. The number of hydrogen-bond acceptors (Lipinski definition) is 8. The number of nitrogens with one attached hydrogen (secondary N) is 1. The van der Waals surface area contributed by atoms with Crippen molar-refractivity contribution in [1.82, 2.24) is 9.97 Å². The normalized spacial score (nSPS) is 10.8. The number of nitrogens with zero attached hydrogens (tertiary/aromatic N) is 2.